The van der Waals surface area contributed by atoms with E-state index in [2.05, 4.69) is 27.5 Å². The van der Waals surface area contributed by atoms with Gasteiger partial charge in [-0.2, -0.15) is 0 Å². The molecule has 5 nitrogen and oxygen atoms in total. The Bertz CT molecular complexity index is 521. The van der Waals surface area contributed by atoms with E-state index >= 15 is 0 Å². The first-order valence-corrected chi connectivity index (χ1v) is 8.04. The van der Waals surface area contributed by atoms with E-state index in [4.69, 9.17) is 0 Å². The SMILES string of the molecule is Cc1ncc(NC(=O)NC(C)C2CCCC2)c(C2CC2)n1. The van der Waals surface area contributed by atoms with Crippen molar-refractivity contribution in [2.45, 2.75) is 64.3 Å². The average molecular weight is 288 g/mol. The molecule has 2 saturated carbocycles. The van der Waals surface area contributed by atoms with E-state index in [0.29, 0.717) is 11.8 Å². The number of hydrogen-bond acceptors (Lipinski definition) is 3. The fraction of sp³-hybridized carbons (Fsp3) is 0.688. The Morgan fingerprint density at radius 1 is 1.29 bits per heavy atom. The molecule has 21 heavy (non-hydrogen) atoms. The molecule has 1 atom stereocenters. The van der Waals surface area contributed by atoms with Gasteiger partial charge in [-0.3, -0.25) is 0 Å². The highest BCUT2D eigenvalue weighted by atomic mass is 16.2. The number of nitrogens with zero attached hydrogens (tertiary/aromatic N) is 2. The third-order valence-electron chi connectivity index (χ3n) is 4.62. The van der Waals surface area contributed by atoms with Crippen LogP contribution in [0.3, 0.4) is 0 Å². The fourth-order valence-corrected chi connectivity index (χ4v) is 3.19. The third-order valence-corrected chi connectivity index (χ3v) is 4.62. The summed E-state index contributed by atoms with van der Waals surface area (Å²) >= 11 is 0. The van der Waals surface area contributed by atoms with Gasteiger partial charge in [0.25, 0.3) is 0 Å². The molecular formula is C16H24N4O. The molecule has 2 N–H and O–H groups in total. The maximum Gasteiger partial charge on any atom is 0.319 e. The van der Waals surface area contributed by atoms with Crippen molar-refractivity contribution in [3.05, 3.63) is 17.7 Å². The van der Waals surface area contributed by atoms with Crippen LogP contribution in [0.5, 0.6) is 0 Å². The Hall–Kier alpha value is -1.65. The van der Waals surface area contributed by atoms with E-state index in [1.807, 2.05) is 6.92 Å². The van der Waals surface area contributed by atoms with Crippen molar-refractivity contribution in [1.82, 2.24) is 15.3 Å². The van der Waals surface area contributed by atoms with Crippen LogP contribution in [0.4, 0.5) is 10.5 Å². The molecule has 0 radical (unpaired) electrons. The predicted octanol–water partition coefficient (Wildman–Crippen LogP) is 3.36. The van der Waals surface area contributed by atoms with Gasteiger partial charge in [-0.25, -0.2) is 14.8 Å². The summed E-state index contributed by atoms with van der Waals surface area (Å²) < 4.78 is 0. The number of rotatable bonds is 4. The molecule has 0 saturated heterocycles. The summed E-state index contributed by atoms with van der Waals surface area (Å²) in [6.45, 7) is 3.99. The van der Waals surface area contributed by atoms with E-state index in [1.165, 1.54) is 25.7 Å². The molecule has 114 valence electrons. The number of anilines is 1. The van der Waals surface area contributed by atoms with Crippen molar-refractivity contribution in [3.63, 3.8) is 0 Å². The van der Waals surface area contributed by atoms with Gasteiger partial charge in [-0.15, -0.1) is 0 Å². The van der Waals surface area contributed by atoms with Gasteiger partial charge >= 0.3 is 6.03 Å². The minimum atomic E-state index is -0.135. The summed E-state index contributed by atoms with van der Waals surface area (Å²) in [5.74, 6) is 1.88. The van der Waals surface area contributed by atoms with Crippen molar-refractivity contribution in [2.24, 2.45) is 5.92 Å². The van der Waals surface area contributed by atoms with Crippen LogP contribution in [-0.2, 0) is 0 Å². The molecule has 5 heteroatoms. The maximum atomic E-state index is 12.2. The Morgan fingerprint density at radius 3 is 2.67 bits per heavy atom. The highest BCUT2D eigenvalue weighted by molar-refractivity contribution is 5.90. The molecule has 0 aliphatic heterocycles. The van der Waals surface area contributed by atoms with Gasteiger partial charge in [0.05, 0.1) is 17.6 Å². The molecule has 0 aromatic carbocycles. The number of aryl methyl sites for hydroxylation is 1. The maximum absolute atomic E-state index is 12.2. The highest BCUT2D eigenvalue weighted by Crippen LogP contribution is 2.42. The van der Waals surface area contributed by atoms with Crippen molar-refractivity contribution in [2.75, 3.05) is 5.32 Å². The molecule has 2 amide bonds. The lowest BCUT2D eigenvalue weighted by atomic mass is 10.0. The number of hydrogen-bond donors (Lipinski definition) is 2. The van der Waals surface area contributed by atoms with Gasteiger partial charge in [-0.1, -0.05) is 12.8 Å². The number of urea groups is 1. The lowest BCUT2D eigenvalue weighted by Gasteiger charge is -2.21. The van der Waals surface area contributed by atoms with Gasteiger partial charge < -0.3 is 10.6 Å². The van der Waals surface area contributed by atoms with Crippen LogP contribution in [0.25, 0.3) is 0 Å². The number of amides is 2. The van der Waals surface area contributed by atoms with E-state index in [-0.39, 0.29) is 12.1 Å². The Morgan fingerprint density at radius 2 is 2.00 bits per heavy atom. The fourth-order valence-electron chi connectivity index (χ4n) is 3.19. The summed E-state index contributed by atoms with van der Waals surface area (Å²) in [6, 6.07) is 0.0898. The molecule has 0 bridgehead atoms. The van der Waals surface area contributed by atoms with Gasteiger partial charge in [0, 0.05) is 12.0 Å². The summed E-state index contributed by atoms with van der Waals surface area (Å²) in [4.78, 5) is 20.9. The number of aromatic nitrogens is 2. The largest absolute Gasteiger partial charge is 0.335 e. The van der Waals surface area contributed by atoms with Crippen LogP contribution < -0.4 is 10.6 Å². The van der Waals surface area contributed by atoms with Gasteiger partial charge in [0.1, 0.15) is 5.82 Å². The summed E-state index contributed by atoms with van der Waals surface area (Å²) in [5.41, 5.74) is 1.75. The van der Waals surface area contributed by atoms with Crippen LogP contribution in [0.1, 0.15) is 62.9 Å². The molecule has 1 unspecified atom stereocenters. The Balaban J connectivity index is 1.61. The zero-order chi connectivity index (χ0) is 14.8. The van der Waals surface area contributed by atoms with Crippen molar-refractivity contribution < 1.29 is 4.79 Å². The summed E-state index contributed by atoms with van der Waals surface area (Å²) in [5, 5.41) is 6.00. The zero-order valence-corrected chi connectivity index (χ0v) is 12.9. The minimum absolute atomic E-state index is 0.135. The molecule has 2 aliphatic carbocycles. The van der Waals surface area contributed by atoms with E-state index in [9.17, 15) is 4.79 Å². The first kappa shape index (κ1) is 14.3. The topological polar surface area (TPSA) is 66.9 Å². The molecule has 1 heterocycles. The molecule has 2 aliphatic rings. The number of carbonyl (C=O) groups is 1. The first-order valence-electron chi connectivity index (χ1n) is 8.04. The summed E-state index contributed by atoms with van der Waals surface area (Å²) in [7, 11) is 0. The Labute approximate surface area is 125 Å². The molecule has 3 rings (SSSR count). The highest BCUT2D eigenvalue weighted by Gasteiger charge is 2.29. The predicted molar refractivity (Wildman–Crippen MR) is 82.3 cm³/mol. The van der Waals surface area contributed by atoms with Gasteiger partial charge in [-0.05, 0) is 45.4 Å². The average Bonchev–Trinajstić information content (AvgIpc) is 3.14. The van der Waals surface area contributed by atoms with Crippen LogP contribution in [0, 0.1) is 12.8 Å². The van der Waals surface area contributed by atoms with Gasteiger partial charge in [0.2, 0.25) is 0 Å². The first-order chi connectivity index (χ1) is 10.1. The monoisotopic (exact) mass is 288 g/mol. The van der Waals surface area contributed by atoms with Crippen LogP contribution in [0.15, 0.2) is 6.20 Å². The van der Waals surface area contributed by atoms with Crippen LogP contribution in [0.2, 0.25) is 0 Å². The quantitative estimate of drug-likeness (QED) is 0.892. The molecular weight excluding hydrogens is 264 g/mol. The minimum Gasteiger partial charge on any atom is -0.335 e. The normalized spacial score (nSPS) is 20.3. The second-order valence-corrected chi connectivity index (χ2v) is 6.42. The number of carbonyl (C=O) groups excluding carboxylic acids is 1. The van der Waals surface area contributed by atoms with E-state index < -0.39 is 0 Å². The Kier molecular flexibility index (Phi) is 4.08. The lowest BCUT2D eigenvalue weighted by molar-refractivity contribution is 0.244. The van der Waals surface area contributed by atoms with Crippen molar-refractivity contribution >= 4 is 11.7 Å². The molecule has 0 spiro atoms. The second-order valence-electron chi connectivity index (χ2n) is 6.42. The zero-order valence-electron chi connectivity index (χ0n) is 12.9. The standard InChI is InChI=1S/C16H24N4O/c1-10(12-5-3-4-6-12)18-16(21)20-14-9-17-11(2)19-15(14)13-7-8-13/h9-10,12-13H,3-8H2,1-2H3,(H2,18,20,21). The summed E-state index contributed by atoms with van der Waals surface area (Å²) in [6.07, 6.45) is 9.07. The van der Waals surface area contributed by atoms with E-state index in [0.717, 1.165) is 30.0 Å². The number of nitrogens with one attached hydrogen (secondary N) is 2. The van der Waals surface area contributed by atoms with Crippen molar-refractivity contribution in [1.29, 1.82) is 0 Å². The molecule has 1 aromatic rings. The lowest BCUT2D eigenvalue weighted by Crippen LogP contribution is -2.40. The molecule has 1 aromatic heterocycles. The van der Waals surface area contributed by atoms with E-state index in [1.54, 1.807) is 6.20 Å². The molecule has 2 fully saturated rings. The van der Waals surface area contributed by atoms with Gasteiger partial charge in [0.15, 0.2) is 0 Å². The third kappa shape index (κ3) is 3.52. The van der Waals surface area contributed by atoms with Crippen LogP contribution >= 0.6 is 0 Å². The smallest absolute Gasteiger partial charge is 0.319 e. The van der Waals surface area contributed by atoms with Crippen LogP contribution in [-0.4, -0.2) is 22.0 Å². The second kappa shape index (κ2) is 6.00. The van der Waals surface area contributed by atoms with Crippen molar-refractivity contribution in [3.8, 4) is 0 Å².